The third-order valence-corrected chi connectivity index (χ3v) is 5.32. The predicted molar refractivity (Wildman–Crippen MR) is 106 cm³/mol. The number of aromatic nitrogens is 2. The number of rotatable bonds is 5. The molecular formula is C17H20N4O2S2. The fourth-order valence-electron chi connectivity index (χ4n) is 2.99. The molecule has 1 atom stereocenters. The summed E-state index contributed by atoms with van der Waals surface area (Å²) in [4.78, 5) is 27.2. The van der Waals surface area contributed by atoms with Gasteiger partial charge in [-0.25, -0.2) is 9.58 Å². The number of thiocarbonyl (C=S) groups is 1. The summed E-state index contributed by atoms with van der Waals surface area (Å²) in [5, 5.41) is 3.34. The molecule has 8 heteroatoms. The zero-order valence-corrected chi connectivity index (χ0v) is 16.0. The van der Waals surface area contributed by atoms with Gasteiger partial charge in [-0.05, 0) is 49.7 Å². The lowest BCUT2D eigenvalue weighted by molar-refractivity contribution is -0.118. The molecule has 3 rings (SSSR count). The van der Waals surface area contributed by atoms with Crippen molar-refractivity contribution >= 4 is 40.7 Å². The minimum absolute atomic E-state index is 0.162. The van der Waals surface area contributed by atoms with E-state index in [9.17, 15) is 9.59 Å². The molecular weight excluding hydrogens is 356 g/mol. The summed E-state index contributed by atoms with van der Waals surface area (Å²) in [5.41, 5.74) is 1.50. The van der Waals surface area contributed by atoms with Gasteiger partial charge in [-0.15, -0.1) is 0 Å². The first-order valence-electron chi connectivity index (χ1n) is 7.94. The van der Waals surface area contributed by atoms with E-state index in [-0.39, 0.29) is 17.5 Å². The van der Waals surface area contributed by atoms with E-state index in [0.717, 1.165) is 11.4 Å². The Balaban J connectivity index is 2.06. The molecule has 1 amide bonds. The van der Waals surface area contributed by atoms with E-state index < -0.39 is 0 Å². The van der Waals surface area contributed by atoms with Crippen molar-refractivity contribution in [1.82, 2.24) is 14.7 Å². The first kappa shape index (κ1) is 17.8. The van der Waals surface area contributed by atoms with Gasteiger partial charge in [0.05, 0.1) is 11.4 Å². The van der Waals surface area contributed by atoms with Crippen LogP contribution >= 0.6 is 24.0 Å². The van der Waals surface area contributed by atoms with Crippen LogP contribution in [0.1, 0.15) is 12.1 Å². The molecule has 0 spiro atoms. The highest BCUT2D eigenvalue weighted by Crippen LogP contribution is 2.23. The number of hydrogen-bond donors (Lipinski definition) is 1. The molecule has 25 heavy (non-hydrogen) atoms. The average molecular weight is 377 g/mol. The first-order chi connectivity index (χ1) is 12.0. The summed E-state index contributed by atoms with van der Waals surface area (Å²) in [6.45, 7) is 1.82. The van der Waals surface area contributed by atoms with Crippen molar-refractivity contribution in [2.24, 2.45) is 7.05 Å². The number of thioether (sulfide) groups is 1. The minimum atomic E-state index is -0.371. The van der Waals surface area contributed by atoms with E-state index in [0.29, 0.717) is 22.9 Å². The van der Waals surface area contributed by atoms with Gasteiger partial charge >= 0.3 is 0 Å². The maximum absolute atomic E-state index is 13.1. The summed E-state index contributed by atoms with van der Waals surface area (Å²) in [6.07, 6.45) is 2.67. The van der Waals surface area contributed by atoms with Crippen molar-refractivity contribution in [3.05, 3.63) is 46.4 Å². The lowest BCUT2D eigenvalue weighted by Crippen LogP contribution is -2.35. The van der Waals surface area contributed by atoms with Gasteiger partial charge < -0.3 is 5.32 Å². The van der Waals surface area contributed by atoms with Crippen molar-refractivity contribution in [3.8, 4) is 5.69 Å². The van der Waals surface area contributed by atoms with E-state index in [1.54, 1.807) is 28.2 Å². The molecule has 0 unspecified atom stereocenters. The fraction of sp³-hybridized carbons (Fsp3) is 0.353. The fourth-order valence-corrected chi connectivity index (χ4v) is 3.78. The highest BCUT2D eigenvalue weighted by Gasteiger charge is 2.39. The predicted octanol–water partition coefficient (Wildman–Crippen LogP) is 1.83. The maximum atomic E-state index is 13.1. The molecule has 1 fully saturated rings. The van der Waals surface area contributed by atoms with Crippen LogP contribution < -0.4 is 15.8 Å². The Hall–Kier alpha value is -2.06. The van der Waals surface area contributed by atoms with Crippen molar-refractivity contribution < 1.29 is 4.79 Å². The standard InChI is InChI=1S/C17H20N4O2S2/c1-11-14(20-15(22)13(9-10-25-3)18-17(20)24)16(23)21(19(11)2)12-7-5-4-6-8-12/h4-8,13H,9-10H2,1-3H3,(H,18,24)/t13-/m0/s1. The van der Waals surface area contributed by atoms with Crippen LogP contribution in [-0.4, -0.2) is 38.4 Å². The molecule has 0 saturated carbocycles. The van der Waals surface area contributed by atoms with E-state index in [4.69, 9.17) is 12.2 Å². The second kappa shape index (κ2) is 7.05. The zero-order valence-electron chi connectivity index (χ0n) is 14.4. The Labute approximate surface area is 155 Å². The Morgan fingerprint density at radius 2 is 1.92 bits per heavy atom. The Morgan fingerprint density at radius 3 is 2.56 bits per heavy atom. The maximum Gasteiger partial charge on any atom is 0.296 e. The molecule has 6 nitrogen and oxygen atoms in total. The van der Waals surface area contributed by atoms with Crippen molar-refractivity contribution in [3.63, 3.8) is 0 Å². The Kier molecular flexibility index (Phi) is 5.01. The molecule has 1 aromatic heterocycles. The second-order valence-corrected chi connectivity index (χ2v) is 7.24. The highest BCUT2D eigenvalue weighted by atomic mass is 32.2. The lowest BCUT2D eigenvalue weighted by atomic mass is 10.2. The summed E-state index contributed by atoms with van der Waals surface area (Å²) in [5.74, 6) is 0.687. The molecule has 1 aliphatic rings. The molecule has 0 aliphatic carbocycles. The highest BCUT2D eigenvalue weighted by molar-refractivity contribution is 7.98. The minimum Gasteiger partial charge on any atom is -0.350 e. The number of benzene rings is 1. The molecule has 0 bridgehead atoms. The van der Waals surface area contributed by atoms with E-state index in [1.165, 1.54) is 4.90 Å². The van der Waals surface area contributed by atoms with Crippen molar-refractivity contribution in [2.75, 3.05) is 16.9 Å². The summed E-state index contributed by atoms with van der Waals surface area (Å²) >= 11 is 7.02. The molecule has 132 valence electrons. The van der Waals surface area contributed by atoms with Crippen LogP contribution in [0, 0.1) is 6.92 Å². The van der Waals surface area contributed by atoms with Crippen LogP contribution in [0.3, 0.4) is 0 Å². The van der Waals surface area contributed by atoms with Gasteiger partial charge in [-0.2, -0.15) is 11.8 Å². The number of para-hydroxylation sites is 1. The third kappa shape index (κ3) is 3.00. The second-order valence-electron chi connectivity index (χ2n) is 5.87. The van der Waals surface area contributed by atoms with Gasteiger partial charge in [0, 0.05) is 7.05 Å². The number of carbonyl (C=O) groups excluding carboxylic acids is 1. The summed E-state index contributed by atoms with van der Waals surface area (Å²) < 4.78 is 3.30. The van der Waals surface area contributed by atoms with Crippen molar-refractivity contribution in [2.45, 2.75) is 19.4 Å². The number of nitrogens with zero attached hydrogens (tertiary/aromatic N) is 3. The number of carbonyl (C=O) groups is 1. The average Bonchev–Trinajstić information content (AvgIpc) is 3.00. The first-order valence-corrected chi connectivity index (χ1v) is 9.75. The molecule has 1 saturated heterocycles. The molecule has 2 heterocycles. The third-order valence-electron chi connectivity index (χ3n) is 4.38. The van der Waals surface area contributed by atoms with E-state index in [1.807, 2.05) is 43.5 Å². The number of nitrogens with one attached hydrogen (secondary N) is 1. The number of anilines is 1. The van der Waals surface area contributed by atoms with Gasteiger partial charge in [0.1, 0.15) is 11.7 Å². The largest absolute Gasteiger partial charge is 0.350 e. The van der Waals surface area contributed by atoms with Gasteiger partial charge in [0.15, 0.2) is 5.11 Å². The summed E-state index contributed by atoms with van der Waals surface area (Å²) in [7, 11) is 1.80. The van der Waals surface area contributed by atoms with E-state index in [2.05, 4.69) is 5.32 Å². The lowest BCUT2D eigenvalue weighted by Gasteiger charge is -2.13. The van der Waals surface area contributed by atoms with Crippen LogP contribution in [0.15, 0.2) is 35.1 Å². The van der Waals surface area contributed by atoms with E-state index >= 15 is 0 Å². The molecule has 1 N–H and O–H groups in total. The molecule has 0 radical (unpaired) electrons. The molecule has 1 aromatic carbocycles. The van der Waals surface area contributed by atoms with Crippen LogP contribution in [0.2, 0.25) is 0 Å². The van der Waals surface area contributed by atoms with Gasteiger partial charge in [-0.1, -0.05) is 18.2 Å². The van der Waals surface area contributed by atoms with Crippen LogP contribution in [0.5, 0.6) is 0 Å². The van der Waals surface area contributed by atoms with Crippen molar-refractivity contribution in [1.29, 1.82) is 0 Å². The van der Waals surface area contributed by atoms with Gasteiger partial charge in [0.25, 0.3) is 11.5 Å². The van der Waals surface area contributed by atoms with Crippen LogP contribution in [0.4, 0.5) is 5.69 Å². The van der Waals surface area contributed by atoms with Gasteiger partial charge in [0.2, 0.25) is 0 Å². The van der Waals surface area contributed by atoms with Crippen LogP contribution in [0.25, 0.3) is 5.69 Å². The smallest absolute Gasteiger partial charge is 0.296 e. The Bertz CT molecular complexity index is 873. The Morgan fingerprint density at radius 1 is 1.24 bits per heavy atom. The quantitative estimate of drug-likeness (QED) is 0.807. The van der Waals surface area contributed by atoms with Gasteiger partial charge in [-0.3, -0.25) is 14.3 Å². The normalized spacial score (nSPS) is 17.2. The molecule has 2 aromatic rings. The SMILES string of the molecule is CSCC[C@@H]1NC(=S)N(c2c(C)n(C)n(-c3ccccc3)c2=O)C1=O. The summed E-state index contributed by atoms with van der Waals surface area (Å²) in [6, 6.07) is 8.97. The number of hydrogen-bond acceptors (Lipinski definition) is 4. The monoisotopic (exact) mass is 376 g/mol. The topological polar surface area (TPSA) is 59.3 Å². The van der Waals surface area contributed by atoms with Crippen LogP contribution in [-0.2, 0) is 11.8 Å². The number of amides is 1. The zero-order chi connectivity index (χ0) is 18.1. The molecule has 1 aliphatic heterocycles.